The molecule has 1 fully saturated rings. The van der Waals surface area contributed by atoms with Crippen LogP contribution in [0.1, 0.15) is 19.8 Å². The van der Waals surface area contributed by atoms with Crippen LogP contribution in [0.3, 0.4) is 0 Å². The van der Waals surface area contributed by atoms with Crippen molar-refractivity contribution >= 4 is 0 Å². The Morgan fingerprint density at radius 3 is 2.95 bits per heavy atom. The van der Waals surface area contributed by atoms with Gasteiger partial charge in [-0.05, 0) is 50.3 Å². The van der Waals surface area contributed by atoms with E-state index in [0.29, 0.717) is 5.92 Å². The van der Waals surface area contributed by atoms with Crippen molar-refractivity contribution in [3.8, 4) is 0 Å². The molecular weight excluding hydrogens is 242 g/mol. The fourth-order valence-corrected chi connectivity index (χ4v) is 2.85. The number of nitrogens with one attached hydrogen (secondary N) is 1. The predicted octanol–water partition coefficient (Wildman–Crippen LogP) is 4.34. The van der Waals surface area contributed by atoms with E-state index in [-0.39, 0.29) is 0 Å². The van der Waals surface area contributed by atoms with Crippen LogP contribution in [-0.4, -0.2) is 13.1 Å². The molecule has 106 valence electrons. The maximum atomic E-state index is 3.67. The lowest BCUT2D eigenvalue weighted by Crippen LogP contribution is -2.33. The minimum Gasteiger partial charge on any atom is -0.316 e. The number of hydrogen-bond acceptors (Lipinski definition) is 1. The molecule has 0 aromatic carbocycles. The average Bonchev–Trinajstić information content (AvgIpc) is 2.66. The van der Waals surface area contributed by atoms with E-state index in [2.05, 4.69) is 55.3 Å². The summed E-state index contributed by atoms with van der Waals surface area (Å²) in [6.07, 6.45) is 21.9. The van der Waals surface area contributed by atoms with Gasteiger partial charge in [-0.15, -0.1) is 0 Å². The maximum Gasteiger partial charge on any atom is -0.000403 e. The van der Waals surface area contributed by atoms with Gasteiger partial charge < -0.3 is 5.32 Å². The summed E-state index contributed by atoms with van der Waals surface area (Å²) < 4.78 is 0. The summed E-state index contributed by atoms with van der Waals surface area (Å²) in [4.78, 5) is 0. The summed E-state index contributed by atoms with van der Waals surface area (Å²) in [5, 5.41) is 3.51. The fraction of sp³-hybridized carbons (Fsp3) is 0.368. The van der Waals surface area contributed by atoms with Gasteiger partial charge in [0.05, 0.1) is 0 Å². The molecule has 0 aromatic rings. The van der Waals surface area contributed by atoms with Crippen molar-refractivity contribution in [1.82, 2.24) is 5.32 Å². The monoisotopic (exact) mass is 267 g/mol. The lowest BCUT2D eigenvalue weighted by molar-refractivity contribution is 0.336. The largest absolute Gasteiger partial charge is 0.316 e. The smallest absolute Gasteiger partial charge is 0.000403 e. The van der Waals surface area contributed by atoms with Gasteiger partial charge in [-0.25, -0.2) is 0 Å². The molecule has 1 nitrogen and oxygen atoms in total. The molecule has 1 heteroatoms. The van der Waals surface area contributed by atoms with Crippen LogP contribution in [0.5, 0.6) is 0 Å². The Bertz CT molecular complexity index is 468. The second-order valence-corrected chi connectivity index (χ2v) is 5.58. The molecule has 1 aliphatic carbocycles. The van der Waals surface area contributed by atoms with E-state index in [1.807, 2.05) is 12.2 Å². The van der Waals surface area contributed by atoms with Gasteiger partial charge in [0.1, 0.15) is 0 Å². The van der Waals surface area contributed by atoms with E-state index < -0.39 is 0 Å². The molecule has 0 aromatic heterocycles. The SMILES string of the molecule is C=C/C=C\C=C\C1=CC(C)=C[C@@H](C2CCCNC2)C=C1. The van der Waals surface area contributed by atoms with Crippen molar-refractivity contribution in [1.29, 1.82) is 0 Å². The Labute approximate surface area is 123 Å². The van der Waals surface area contributed by atoms with Gasteiger partial charge in [-0.2, -0.15) is 0 Å². The highest BCUT2D eigenvalue weighted by atomic mass is 14.9. The van der Waals surface area contributed by atoms with Gasteiger partial charge in [0.2, 0.25) is 0 Å². The molecule has 1 saturated heterocycles. The Balaban J connectivity index is 2.05. The van der Waals surface area contributed by atoms with E-state index in [9.17, 15) is 0 Å². The third-order valence-electron chi connectivity index (χ3n) is 3.89. The predicted molar refractivity (Wildman–Crippen MR) is 88.5 cm³/mol. The summed E-state index contributed by atoms with van der Waals surface area (Å²) in [6.45, 7) is 8.19. The van der Waals surface area contributed by atoms with Crippen LogP contribution in [0.15, 0.2) is 72.4 Å². The summed E-state index contributed by atoms with van der Waals surface area (Å²) in [5.74, 6) is 1.31. The van der Waals surface area contributed by atoms with E-state index in [4.69, 9.17) is 0 Å². The summed E-state index contributed by atoms with van der Waals surface area (Å²) >= 11 is 0. The molecule has 1 heterocycles. The zero-order valence-corrected chi connectivity index (χ0v) is 12.4. The van der Waals surface area contributed by atoms with Crippen molar-refractivity contribution in [3.05, 3.63) is 72.4 Å². The topological polar surface area (TPSA) is 12.0 Å². The second-order valence-electron chi connectivity index (χ2n) is 5.58. The molecule has 2 aliphatic rings. The van der Waals surface area contributed by atoms with Crippen LogP contribution in [0.25, 0.3) is 0 Å². The zero-order valence-electron chi connectivity index (χ0n) is 12.4. The average molecular weight is 267 g/mol. The van der Waals surface area contributed by atoms with Gasteiger partial charge in [0.25, 0.3) is 0 Å². The van der Waals surface area contributed by atoms with Gasteiger partial charge in [-0.3, -0.25) is 0 Å². The zero-order chi connectivity index (χ0) is 14.2. The molecule has 0 amide bonds. The minimum atomic E-state index is 0.564. The van der Waals surface area contributed by atoms with Gasteiger partial charge in [-0.1, -0.05) is 66.8 Å². The summed E-state index contributed by atoms with van der Waals surface area (Å²) in [7, 11) is 0. The highest BCUT2D eigenvalue weighted by Gasteiger charge is 2.20. The number of allylic oxidation sites excluding steroid dienone is 11. The third-order valence-corrected chi connectivity index (χ3v) is 3.89. The van der Waals surface area contributed by atoms with Crippen LogP contribution in [0, 0.1) is 11.8 Å². The van der Waals surface area contributed by atoms with Gasteiger partial charge in [0, 0.05) is 0 Å². The van der Waals surface area contributed by atoms with Crippen LogP contribution in [0.2, 0.25) is 0 Å². The van der Waals surface area contributed by atoms with E-state index in [1.165, 1.54) is 30.5 Å². The van der Waals surface area contributed by atoms with E-state index in [0.717, 1.165) is 12.5 Å². The molecule has 2 rings (SSSR count). The normalized spacial score (nSPS) is 27.4. The number of rotatable bonds is 4. The fourth-order valence-electron chi connectivity index (χ4n) is 2.85. The van der Waals surface area contributed by atoms with Crippen molar-refractivity contribution in [2.45, 2.75) is 19.8 Å². The van der Waals surface area contributed by atoms with Crippen molar-refractivity contribution in [2.24, 2.45) is 11.8 Å². The second kappa shape index (κ2) is 7.86. The molecular formula is C19H25N. The van der Waals surface area contributed by atoms with Gasteiger partial charge in [0.15, 0.2) is 0 Å². The van der Waals surface area contributed by atoms with E-state index >= 15 is 0 Å². The number of hydrogen-bond donors (Lipinski definition) is 1. The summed E-state index contributed by atoms with van der Waals surface area (Å²) in [6, 6.07) is 0. The lowest BCUT2D eigenvalue weighted by atomic mass is 9.85. The molecule has 0 bridgehead atoms. The number of piperidine rings is 1. The Morgan fingerprint density at radius 1 is 1.30 bits per heavy atom. The summed E-state index contributed by atoms with van der Waals surface area (Å²) in [5.41, 5.74) is 2.62. The maximum absolute atomic E-state index is 3.67. The van der Waals surface area contributed by atoms with E-state index in [1.54, 1.807) is 6.08 Å². The highest BCUT2D eigenvalue weighted by molar-refractivity contribution is 5.41. The Hall–Kier alpha value is -1.60. The Kier molecular flexibility index (Phi) is 5.82. The Morgan fingerprint density at radius 2 is 2.20 bits per heavy atom. The van der Waals surface area contributed by atoms with Crippen molar-refractivity contribution in [2.75, 3.05) is 13.1 Å². The molecule has 0 spiro atoms. The first-order valence-corrected chi connectivity index (χ1v) is 7.54. The third kappa shape index (κ3) is 4.50. The first-order valence-electron chi connectivity index (χ1n) is 7.54. The molecule has 1 N–H and O–H groups in total. The highest BCUT2D eigenvalue weighted by Crippen LogP contribution is 2.26. The molecule has 1 aliphatic heterocycles. The van der Waals surface area contributed by atoms with Gasteiger partial charge >= 0.3 is 0 Å². The van der Waals surface area contributed by atoms with Crippen LogP contribution in [0.4, 0.5) is 0 Å². The first-order chi connectivity index (χ1) is 9.79. The molecule has 2 atom stereocenters. The molecule has 1 unspecified atom stereocenters. The minimum absolute atomic E-state index is 0.564. The van der Waals surface area contributed by atoms with Crippen molar-refractivity contribution < 1.29 is 0 Å². The molecule has 20 heavy (non-hydrogen) atoms. The van der Waals surface area contributed by atoms with Crippen LogP contribution in [-0.2, 0) is 0 Å². The lowest BCUT2D eigenvalue weighted by Gasteiger charge is -2.27. The van der Waals surface area contributed by atoms with Crippen molar-refractivity contribution in [3.63, 3.8) is 0 Å². The molecule has 0 radical (unpaired) electrons. The first kappa shape index (κ1) is 14.8. The quantitative estimate of drug-likeness (QED) is 0.747. The standard InChI is InChI=1S/C19H25N/c1-3-4-5-6-8-17-10-11-18(14-16(2)13-17)19-9-7-12-20-15-19/h3-6,8,10-11,13-14,18-20H,1,7,9,12,15H2,2H3/b5-4-,8-6+/t18-,19?/m0/s1. The molecule has 0 saturated carbocycles. The van der Waals surface area contributed by atoms with Crippen LogP contribution < -0.4 is 5.32 Å². The van der Waals surface area contributed by atoms with Crippen LogP contribution >= 0.6 is 0 Å².